The largest absolute Gasteiger partial charge is 0.465 e. The highest BCUT2D eigenvalue weighted by molar-refractivity contribution is 5.65. The first kappa shape index (κ1) is 8.81. The molecular weight excluding hydrogens is 168 g/mol. The summed E-state index contributed by atoms with van der Waals surface area (Å²) < 4.78 is 0. The molecule has 1 saturated carbocycles. The Bertz CT molecular complexity index is 206. The molecule has 0 aromatic carbocycles. The summed E-state index contributed by atoms with van der Waals surface area (Å²) in [5.74, 6) is 1.21. The standard InChI is InChI=1S/C9H16N2O2/c1-10-8-2-6-4-11(9(12)13)5-7(6)3-8/h6-8,10H,2-5H2,1H3,(H,12,13). The molecule has 1 aliphatic heterocycles. The number of nitrogens with zero attached hydrogens (tertiary/aromatic N) is 1. The predicted octanol–water partition coefficient (Wildman–Crippen LogP) is 0.594. The zero-order valence-corrected chi connectivity index (χ0v) is 7.86. The number of hydrogen-bond donors (Lipinski definition) is 2. The smallest absolute Gasteiger partial charge is 0.407 e. The van der Waals surface area contributed by atoms with Crippen LogP contribution in [0.2, 0.25) is 0 Å². The van der Waals surface area contributed by atoms with E-state index in [1.165, 1.54) is 0 Å². The van der Waals surface area contributed by atoms with Crippen molar-refractivity contribution in [2.75, 3.05) is 20.1 Å². The van der Waals surface area contributed by atoms with Gasteiger partial charge in [0.2, 0.25) is 0 Å². The number of rotatable bonds is 1. The quantitative estimate of drug-likeness (QED) is 0.627. The van der Waals surface area contributed by atoms with Crippen molar-refractivity contribution in [3.05, 3.63) is 0 Å². The van der Waals surface area contributed by atoms with Crippen molar-refractivity contribution in [3.8, 4) is 0 Å². The van der Waals surface area contributed by atoms with E-state index in [1.807, 2.05) is 7.05 Å². The molecule has 1 heterocycles. The fourth-order valence-corrected chi connectivity index (χ4v) is 2.69. The van der Waals surface area contributed by atoms with Gasteiger partial charge >= 0.3 is 6.09 Å². The van der Waals surface area contributed by atoms with Gasteiger partial charge in [-0.1, -0.05) is 0 Å². The van der Waals surface area contributed by atoms with Crippen molar-refractivity contribution in [1.29, 1.82) is 0 Å². The lowest BCUT2D eigenvalue weighted by Crippen LogP contribution is -2.30. The van der Waals surface area contributed by atoms with Crippen molar-refractivity contribution in [3.63, 3.8) is 0 Å². The average Bonchev–Trinajstić information content (AvgIpc) is 2.58. The van der Waals surface area contributed by atoms with Crippen molar-refractivity contribution in [2.45, 2.75) is 18.9 Å². The zero-order chi connectivity index (χ0) is 9.42. The van der Waals surface area contributed by atoms with E-state index < -0.39 is 6.09 Å². The van der Waals surface area contributed by atoms with E-state index in [1.54, 1.807) is 4.90 Å². The van der Waals surface area contributed by atoms with Crippen LogP contribution in [0.4, 0.5) is 4.79 Å². The average molecular weight is 184 g/mol. The Labute approximate surface area is 77.9 Å². The van der Waals surface area contributed by atoms with Gasteiger partial charge in [-0.15, -0.1) is 0 Å². The Morgan fingerprint density at radius 1 is 1.38 bits per heavy atom. The summed E-state index contributed by atoms with van der Waals surface area (Å²) in [5, 5.41) is 12.1. The molecule has 0 aromatic heterocycles. The van der Waals surface area contributed by atoms with Gasteiger partial charge in [-0.25, -0.2) is 4.79 Å². The SMILES string of the molecule is CNC1CC2CN(C(=O)O)CC2C1. The Kier molecular flexibility index (Phi) is 2.15. The third-order valence-corrected chi connectivity index (χ3v) is 3.43. The van der Waals surface area contributed by atoms with Crippen LogP contribution in [0.1, 0.15) is 12.8 Å². The van der Waals surface area contributed by atoms with Crippen molar-refractivity contribution in [2.24, 2.45) is 11.8 Å². The molecule has 1 amide bonds. The molecule has 13 heavy (non-hydrogen) atoms. The molecule has 2 atom stereocenters. The van der Waals surface area contributed by atoms with Gasteiger partial charge in [0.25, 0.3) is 0 Å². The Balaban J connectivity index is 1.93. The molecule has 4 heteroatoms. The van der Waals surface area contributed by atoms with E-state index in [9.17, 15) is 4.79 Å². The number of carboxylic acid groups (broad SMARTS) is 1. The van der Waals surface area contributed by atoms with Crippen LogP contribution in [-0.4, -0.2) is 42.3 Å². The maximum absolute atomic E-state index is 10.7. The van der Waals surface area contributed by atoms with E-state index in [0.717, 1.165) is 25.9 Å². The van der Waals surface area contributed by atoms with Gasteiger partial charge in [0.1, 0.15) is 0 Å². The van der Waals surface area contributed by atoms with Crippen molar-refractivity contribution >= 4 is 6.09 Å². The maximum atomic E-state index is 10.7. The van der Waals surface area contributed by atoms with Crippen molar-refractivity contribution in [1.82, 2.24) is 10.2 Å². The summed E-state index contributed by atoms with van der Waals surface area (Å²) in [4.78, 5) is 12.3. The molecule has 2 N–H and O–H groups in total. The number of likely N-dealkylation sites (tertiary alicyclic amines) is 1. The lowest BCUT2D eigenvalue weighted by Gasteiger charge is -2.15. The summed E-state index contributed by atoms with van der Waals surface area (Å²) in [6.07, 6.45) is 1.53. The van der Waals surface area contributed by atoms with Gasteiger partial charge < -0.3 is 15.3 Å². The van der Waals surface area contributed by atoms with Gasteiger partial charge in [0.15, 0.2) is 0 Å². The van der Waals surface area contributed by atoms with Crippen LogP contribution in [0.3, 0.4) is 0 Å². The molecule has 2 fully saturated rings. The molecule has 1 saturated heterocycles. The second-order valence-electron chi connectivity index (χ2n) is 4.16. The van der Waals surface area contributed by atoms with E-state index in [4.69, 9.17) is 5.11 Å². The second kappa shape index (κ2) is 3.18. The highest BCUT2D eigenvalue weighted by atomic mass is 16.4. The first-order chi connectivity index (χ1) is 6.20. The highest BCUT2D eigenvalue weighted by Crippen LogP contribution is 2.37. The van der Waals surface area contributed by atoms with E-state index in [-0.39, 0.29) is 0 Å². The summed E-state index contributed by atoms with van der Waals surface area (Å²) in [5.41, 5.74) is 0. The Hall–Kier alpha value is -0.770. The monoisotopic (exact) mass is 184 g/mol. The van der Waals surface area contributed by atoms with Crippen LogP contribution < -0.4 is 5.32 Å². The molecule has 0 spiro atoms. The van der Waals surface area contributed by atoms with E-state index in [2.05, 4.69) is 5.32 Å². The molecule has 2 unspecified atom stereocenters. The number of amides is 1. The molecule has 74 valence electrons. The lowest BCUT2D eigenvalue weighted by atomic mass is 10.0. The lowest BCUT2D eigenvalue weighted by molar-refractivity contribution is 0.151. The highest BCUT2D eigenvalue weighted by Gasteiger charge is 2.41. The summed E-state index contributed by atoms with van der Waals surface area (Å²) in [6, 6.07) is 0.617. The molecule has 2 rings (SSSR count). The van der Waals surface area contributed by atoms with Gasteiger partial charge in [-0.05, 0) is 31.7 Å². The third-order valence-electron chi connectivity index (χ3n) is 3.43. The minimum Gasteiger partial charge on any atom is -0.465 e. The third kappa shape index (κ3) is 1.50. The van der Waals surface area contributed by atoms with Crippen LogP contribution in [0.15, 0.2) is 0 Å². The zero-order valence-electron chi connectivity index (χ0n) is 7.86. The van der Waals surface area contributed by atoms with Crippen molar-refractivity contribution < 1.29 is 9.90 Å². The maximum Gasteiger partial charge on any atom is 0.407 e. The molecular formula is C9H16N2O2. The van der Waals surface area contributed by atoms with Gasteiger partial charge in [-0.2, -0.15) is 0 Å². The topological polar surface area (TPSA) is 52.6 Å². The van der Waals surface area contributed by atoms with Crippen LogP contribution in [0, 0.1) is 11.8 Å². The normalized spacial score (nSPS) is 37.9. The van der Waals surface area contributed by atoms with Gasteiger partial charge in [-0.3, -0.25) is 0 Å². The minimum absolute atomic E-state index is 0.605. The molecule has 1 aliphatic carbocycles. The number of nitrogens with one attached hydrogen (secondary N) is 1. The van der Waals surface area contributed by atoms with E-state index in [0.29, 0.717) is 17.9 Å². The van der Waals surface area contributed by atoms with Crippen LogP contribution in [0.5, 0.6) is 0 Å². The van der Waals surface area contributed by atoms with Gasteiger partial charge in [0, 0.05) is 19.1 Å². The predicted molar refractivity (Wildman–Crippen MR) is 48.7 cm³/mol. The molecule has 0 aromatic rings. The molecule has 2 aliphatic rings. The summed E-state index contributed by atoms with van der Waals surface area (Å²) >= 11 is 0. The first-order valence-electron chi connectivity index (χ1n) is 4.86. The van der Waals surface area contributed by atoms with Crippen LogP contribution >= 0.6 is 0 Å². The fraction of sp³-hybridized carbons (Fsp3) is 0.889. The first-order valence-corrected chi connectivity index (χ1v) is 4.86. The second-order valence-corrected chi connectivity index (χ2v) is 4.16. The fourth-order valence-electron chi connectivity index (χ4n) is 2.69. The summed E-state index contributed by atoms with van der Waals surface area (Å²) in [6.45, 7) is 1.50. The van der Waals surface area contributed by atoms with Crippen LogP contribution in [0.25, 0.3) is 0 Å². The number of fused-ring (bicyclic) bond motifs is 1. The minimum atomic E-state index is -0.754. The molecule has 0 radical (unpaired) electrons. The Morgan fingerprint density at radius 3 is 2.31 bits per heavy atom. The molecule has 4 nitrogen and oxygen atoms in total. The van der Waals surface area contributed by atoms with Gasteiger partial charge in [0.05, 0.1) is 0 Å². The summed E-state index contributed by atoms with van der Waals surface area (Å²) in [7, 11) is 1.99. The Morgan fingerprint density at radius 2 is 1.92 bits per heavy atom. The number of carbonyl (C=O) groups is 1. The number of hydrogen-bond acceptors (Lipinski definition) is 2. The van der Waals surface area contributed by atoms with E-state index >= 15 is 0 Å². The molecule has 0 bridgehead atoms. The van der Waals surface area contributed by atoms with Crippen LogP contribution in [-0.2, 0) is 0 Å².